The van der Waals surface area contributed by atoms with Crippen molar-refractivity contribution in [3.63, 3.8) is 0 Å². The highest BCUT2D eigenvalue weighted by molar-refractivity contribution is 5.89. The predicted octanol–water partition coefficient (Wildman–Crippen LogP) is 0.253. The van der Waals surface area contributed by atoms with Crippen LogP contribution in [0.25, 0.3) is 0 Å². The van der Waals surface area contributed by atoms with Crippen LogP contribution >= 0.6 is 0 Å². The lowest BCUT2D eigenvalue weighted by Gasteiger charge is -2.19. The fraction of sp³-hybridized carbons (Fsp3) is 0.467. The summed E-state index contributed by atoms with van der Waals surface area (Å²) < 4.78 is 11.0. The first-order valence-corrected chi connectivity index (χ1v) is 7.15. The molecule has 1 aromatic carbocycles. The highest BCUT2D eigenvalue weighted by Crippen LogP contribution is 2.30. The highest BCUT2D eigenvalue weighted by atomic mass is 16.6. The van der Waals surface area contributed by atoms with Crippen LogP contribution in [0.3, 0.4) is 0 Å². The monoisotopic (exact) mass is 290 g/mol. The zero-order chi connectivity index (χ0) is 14.7. The largest absolute Gasteiger partial charge is 0.486 e. The minimum absolute atomic E-state index is 0.0537. The highest BCUT2D eigenvalue weighted by Gasteiger charge is 2.27. The van der Waals surface area contributed by atoms with Crippen molar-refractivity contribution >= 4 is 11.8 Å². The first-order valence-electron chi connectivity index (χ1n) is 7.15. The minimum Gasteiger partial charge on any atom is -0.486 e. The Hall–Kier alpha value is -2.24. The molecule has 1 atom stereocenters. The van der Waals surface area contributed by atoms with Gasteiger partial charge < -0.3 is 20.1 Å². The quantitative estimate of drug-likeness (QED) is 0.833. The van der Waals surface area contributed by atoms with Crippen molar-refractivity contribution in [2.45, 2.75) is 12.8 Å². The second-order valence-electron chi connectivity index (χ2n) is 5.22. The Morgan fingerprint density at radius 3 is 2.86 bits per heavy atom. The van der Waals surface area contributed by atoms with Crippen molar-refractivity contribution < 1.29 is 19.1 Å². The molecule has 2 aliphatic rings. The van der Waals surface area contributed by atoms with Gasteiger partial charge in [0.1, 0.15) is 13.2 Å². The van der Waals surface area contributed by atoms with E-state index in [1.807, 2.05) is 18.2 Å². The first kappa shape index (κ1) is 13.7. The van der Waals surface area contributed by atoms with E-state index in [-0.39, 0.29) is 24.2 Å². The second kappa shape index (κ2) is 6.03. The summed E-state index contributed by atoms with van der Waals surface area (Å²) in [7, 11) is 0. The maximum Gasteiger partial charge on any atom is 0.225 e. The molecule has 2 N–H and O–H groups in total. The van der Waals surface area contributed by atoms with Gasteiger partial charge in [0.2, 0.25) is 11.8 Å². The molecule has 0 radical (unpaired) electrons. The number of hydrogen-bond acceptors (Lipinski definition) is 4. The molecule has 0 saturated carbocycles. The molecule has 1 saturated heterocycles. The smallest absolute Gasteiger partial charge is 0.225 e. The van der Waals surface area contributed by atoms with Gasteiger partial charge in [0, 0.05) is 19.5 Å². The second-order valence-corrected chi connectivity index (χ2v) is 5.22. The van der Waals surface area contributed by atoms with Crippen LogP contribution in [0.5, 0.6) is 11.5 Å². The molecule has 1 aromatic rings. The molecule has 0 aromatic heterocycles. The van der Waals surface area contributed by atoms with Gasteiger partial charge in [-0.05, 0) is 24.1 Å². The van der Waals surface area contributed by atoms with E-state index in [0.717, 1.165) is 23.5 Å². The topological polar surface area (TPSA) is 76.7 Å². The number of carbonyl (C=O) groups excluding carboxylic acids is 2. The molecule has 6 nitrogen and oxygen atoms in total. The Morgan fingerprint density at radius 1 is 1.29 bits per heavy atom. The number of hydrogen-bond donors (Lipinski definition) is 2. The molecule has 0 aliphatic carbocycles. The Bertz CT molecular complexity index is 559. The summed E-state index contributed by atoms with van der Waals surface area (Å²) in [5, 5.41) is 5.53. The summed E-state index contributed by atoms with van der Waals surface area (Å²) in [5.41, 5.74) is 1.08. The molecule has 1 fully saturated rings. The number of rotatable bonds is 4. The molecule has 3 rings (SSSR count). The van der Waals surface area contributed by atoms with Crippen LogP contribution in [0, 0.1) is 5.92 Å². The van der Waals surface area contributed by atoms with Crippen LogP contribution in [0.15, 0.2) is 18.2 Å². The molecule has 2 heterocycles. The summed E-state index contributed by atoms with van der Waals surface area (Å²) in [6, 6.07) is 5.81. The molecule has 6 heteroatoms. The van der Waals surface area contributed by atoms with Gasteiger partial charge in [-0.1, -0.05) is 6.07 Å². The van der Waals surface area contributed by atoms with Crippen LogP contribution in [0.2, 0.25) is 0 Å². The van der Waals surface area contributed by atoms with Crippen LogP contribution in [0.4, 0.5) is 0 Å². The van der Waals surface area contributed by atoms with E-state index in [1.54, 1.807) is 0 Å². The third kappa shape index (κ3) is 3.26. The van der Waals surface area contributed by atoms with Gasteiger partial charge in [-0.25, -0.2) is 0 Å². The van der Waals surface area contributed by atoms with E-state index in [0.29, 0.717) is 26.3 Å². The first-order chi connectivity index (χ1) is 10.2. The zero-order valence-corrected chi connectivity index (χ0v) is 11.7. The third-order valence-electron chi connectivity index (χ3n) is 3.67. The zero-order valence-electron chi connectivity index (χ0n) is 11.7. The molecular weight excluding hydrogens is 272 g/mol. The van der Waals surface area contributed by atoms with E-state index < -0.39 is 0 Å². The molecular formula is C15H18N2O4. The maximum absolute atomic E-state index is 11.9. The number of benzene rings is 1. The fourth-order valence-corrected chi connectivity index (χ4v) is 2.51. The van der Waals surface area contributed by atoms with E-state index in [1.165, 1.54) is 0 Å². The lowest BCUT2D eigenvalue weighted by atomic mass is 10.1. The fourth-order valence-electron chi connectivity index (χ4n) is 2.51. The SMILES string of the molecule is O=C1CC(C(=O)NCCc2ccc3c(c2)OCCO3)CN1. The molecule has 1 unspecified atom stereocenters. The molecule has 21 heavy (non-hydrogen) atoms. The van der Waals surface area contributed by atoms with Crippen LogP contribution in [-0.4, -0.2) is 38.1 Å². The molecule has 0 bridgehead atoms. The lowest BCUT2D eigenvalue weighted by Crippen LogP contribution is -2.33. The number of ether oxygens (including phenoxy) is 2. The summed E-state index contributed by atoms with van der Waals surface area (Å²) >= 11 is 0. The maximum atomic E-state index is 11.9. The summed E-state index contributed by atoms with van der Waals surface area (Å²) in [6.45, 7) is 2.13. The van der Waals surface area contributed by atoms with Gasteiger partial charge in [-0.3, -0.25) is 9.59 Å². The van der Waals surface area contributed by atoms with Gasteiger partial charge in [-0.2, -0.15) is 0 Å². The van der Waals surface area contributed by atoms with Gasteiger partial charge in [0.05, 0.1) is 5.92 Å². The number of carbonyl (C=O) groups is 2. The standard InChI is InChI=1S/C15H18N2O4/c18-14-8-11(9-17-14)15(19)16-4-3-10-1-2-12-13(7-10)21-6-5-20-12/h1-2,7,11H,3-6,8-9H2,(H,16,19)(H,17,18). The van der Waals surface area contributed by atoms with Gasteiger partial charge in [0.25, 0.3) is 0 Å². The van der Waals surface area contributed by atoms with Gasteiger partial charge in [-0.15, -0.1) is 0 Å². The Balaban J connectivity index is 1.49. The Kier molecular flexibility index (Phi) is 3.94. The van der Waals surface area contributed by atoms with Crippen molar-refractivity contribution in [3.05, 3.63) is 23.8 Å². The number of fused-ring (bicyclic) bond motifs is 1. The minimum atomic E-state index is -0.238. The Morgan fingerprint density at radius 2 is 2.10 bits per heavy atom. The molecule has 2 aliphatic heterocycles. The number of nitrogens with one attached hydrogen (secondary N) is 2. The molecule has 0 spiro atoms. The Labute approximate surface area is 122 Å². The van der Waals surface area contributed by atoms with Crippen LogP contribution in [0.1, 0.15) is 12.0 Å². The van der Waals surface area contributed by atoms with E-state index in [4.69, 9.17) is 9.47 Å². The van der Waals surface area contributed by atoms with E-state index in [2.05, 4.69) is 10.6 Å². The predicted molar refractivity (Wildman–Crippen MR) is 75.3 cm³/mol. The van der Waals surface area contributed by atoms with Crippen molar-refractivity contribution in [1.82, 2.24) is 10.6 Å². The van der Waals surface area contributed by atoms with Crippen LogP contribution < -0.4 is 20.1 Å². The van der Waals surface area contributed by atoms with E-state index in [9.17, 15) is 9.59 Å². The number of amides is 2. The van der Waals surface area contributed by atoms with E-state index >= 15 is 0 Å². The average Bonchev–Trinajstić information content (AvgIpc) is 2.94. The van der Waals surface area contributed by atoms with Crippen molar-refractivity contribution in [1.29, 1.82) is 0 Å². The van der Waals surface area contributed by atoms with Crippen molar-refractivity contribution in [3.8, 4) is 11.5 Å². The summed E-state index contributed by atoms with van der Waals surface area (Å²) in [5.74, 6) is 1.17. The summed E-state index contributed by atoms with van der Waals surface area (Å²) in [6.07, 6.45) is 1.01. The summed E-state index contributed by atoms with van der Waals surface area (Å²) in [4.78, 5) is 22.9. The normalized spacial score (nSPS) is 20.0. The van der Waals surface area contributed by atoms with Gasteiger partial charge in [0.15, 0.2) is 11.5 Å². The molecule has 112 valence electrons. The van der Waals surface area contributed by atoms with Gasteiger partial charge >= 0.3 is 0 Å². The lowest BCUT2D eigenvalue weighted by molar-refractivity contribution is -0.126. The van der Waals surface area contributed by atoms with Crippen molar-refractivity contribution in [2.24, 2.45) is 5.92 Å². The van der Waals surface area contributed by atoms with Crippen LogP contribution in [-0.2, 0) is 16.0 Å². The molecule has 2 amide bonds. The average molecular weight is 290 g/mol. The van der Waals surface area contributed by atoms with Crippen molar-refractivity contribution in [2.75, 3.05) is 26.3 Å². The third-order valence-corrected chi connectivity index (χ3v) is 3.67.